The zero-order chi connectivity index (χ0) is 19.6. The van der Waals surface area contributed by atoms with Crippen LogP contribution in [0.2, 0.25) is 0 Å². The third kappa shape index (κ3) is 4.26. The lowest BCUT2D eigenvalue weighted by molar-refractivity contribution is -0.137. The van der Waals surface area contributed by atoms with Crippen molar-refractivity contribution in [3.63, 3.8) is 0 Å². The molecule has 0 saturated heterocycles. The highest BCUT2D eigenvalue weighted by molar-refractivity contribution is 5.65. The first kappa shape index (κ1) is 18.5. The smallest absolute Gasteiger partial charge is 0.362 e. The van der Waals surface area contributed by atoms with E-state index < -0.39 is 11.7 Å². The molecule has 0 unspecified atom stereocenters. The summed E-state index contributed by atoms with van der Waals surface area (Å²) in [5, 5.41) is 0. The molecule has 0 atom stereocenters. The highest BCUT2D eigenvalue weighted by Crippen LogP contribution is 2.29. The number of hydrogen-bond donors (Lipinski definition) is 1. The summed E-state index contributed by atoms with van der Waals surface area (Å²) in [5.74, 6) is 5.59. The van der Waals surface area contributed by atoms with Crippen LogP contribution < -0.4 is 5.43 Å². The van der Waals surface area contributed by atoms with Gasteiger partial charge in [0, 0.05) is 40.3 Å². The second-order valence-corrected chi connectivity index (χ2v) is 6.07. The summed E-state index contributed by atoms with van der Waals surface area (Å²) >= 11 is 0. The first-order valence-corrected chi connectivity index (χ1v) is 8.10. The molecule has 0 amide bonds. The van der Waals surface area contributed by atoms with Crippen molar-refractivity contribution in [2.75, 3.05) is 0 Å². The molecule has 6 heteroatoms. The lowest BCUT2D eigenvalue weighted by atomic mass is 10.1. The van der Waals surface area contributed by atoms with E-state index in [1.807, 2.05) is 13.8 Å². The summed E-state index contributed by atoms with van der Waals surface area (Å²) in [5.41, 5.74) is 2.88. The fourth-order valence-corrected chi connectivity index (χ4v) is 2.70. The molecule has 3 rings (SSSR count). The van der Waals surface area contributed by atoms with Crippen LogP contribution in [0.1, 0.15) is 28.2 Å². The van der Waals surface area contributed by atoms with Gasteiger partial charge in [0.25, 0.3) is 0 Å². The number of aromatic nitrogens is 2. The van der Waals surface area contributed by atoms with Crippen LogP contribution in [0.5, 0.6) is 0 Å². The van der Waals surface area contributed by atoms with Gasteiger partial charge in [-0.15, -0.1) is 0 Å². The Balaban J connectivity index is 1.84. The maximum atomic E-state index is 12.6. The number of H-pyrrole nitrogens is 1. The van der Waals surface area contributed by atoms with Gasteiger partial charge in [-0.2, -0.15) is 13.2 Å². The number of benzene rings is 1. The number of aryl methyl sites for hydroxylation is 2. The quantitative estimate of drug-likeness (QED) is 0.644. The molecule has 27 heavy (non-hydrogen) atoms. The fraction of sp³-hybridized carbons (Fsp3) is 0.143. The van der Waals surface area contributed by atoms with Crippen LogP contribution in [-0.4, -0.2) is 9.97 Å². The van der Waals surface area contributed by atoms with Crippen molar-refractivity contribution in [3.05, 3.63) is 87.1 Å². The molecule has 0 aliphatic carbocycles. The van der Waals surface area contributed by atoms with Gasteiger partial charge in [-0.1, -0.05) is 5.92 Å². The van der Waals surface area contributed by atoms with Crippen LogP contribution in [0.4, 0.5) is 13.2 Å². The van der Waals surface area contributed by atoms with Gasteiger partial charge in [-0.3, -0.25) is 4.79 Å². The normalized spacial score (nSPS) is 11.0. The molecule has 0 saturated carbocycles. The summed E-state index contributed by atoms with van der Waals surface area (Å²) in [7, 11) is 0. The van der Waals surface area contributed by atoms with Gasteiger partial charge in [-0.25, -0.2) is 4.98 Å². The second-order valence-electron chi connectivity index (χ2n) is 6.07. The third-order valence-electron chi connectivity index (χ3n) is 3.95. The highest BCUT2D eigenvalue weighted by atomic mass is 19.4. The van der Waals surface area contributed by atoms with E-state index in [0.29, 0.717) is 22.4 Å². The standard InChI is InChI=1S/C21H15F3N2O/c1-13-11-19(27)20(14(2)26-13)16-6-10-18(25-12-16)9-5-15-3-7-17(8-4-15)21(22,23)24/h3-4,6-8,10-12H,1-2H3,(H,26,27). The Morgan fingerprint density at radius 2 is 1.70 bits per heavy atom. The van der Waals surface area contributed by atoms with Gasteiger partial charge in [0.2, 0.25) is 0 Å². The van der Waals surface area contributed by atoms with E-state index in [-0.39, 0.29) is 5.43 Å². The molecular formula is C21H15F3N2O. The number of alkyl halides is 3. The van der Waals surface area contributed by atoms with E-state index in [1.54, 1.807) is 18.3 Å². The SMILES string of the molecule is Cc1cc(=O)c(-c2ccc(C#Cc3ccc(C(F)(F)F)cc3)nc2)c(C)[nH]1. The van der Waals surface area contributed by atoms with Crippen LogP contribution in [0.3, 0.4) is 0 Å². The molecule has 0 bridgehead atoms. The molecule has 1 aromatic carbocycles. The minimum Gasteiger partial charge on any atom is -0.362 e. The Kier molecular flexibility index (Phi) is 4.87. The molecule has 3 aromatic rings. The average molecular weight is 368 g/mol. The predicted molar refractivity (Wildman–Crippen MR) is 97.2 cm³/mol. The topological polar surface area (TPSA) is 45.8 Å². The van der Waals surface area contributed by atoms with Crippen LogP contribution in [0, 0.1) is 25.7 Å². The van der Waals surface area contributed by atoms with Crippen molar-refractivity contribution in [1.82, 2.24) is 9.97 Å². The monoisotopic (exact) mass is 368 g/mol. The van der Waals surface area contributed by atoms with Gasteiger partial charge in [0.05, 0.1) is 5.56 Å². The maximum Gasteiger partial charge on any atom is 0.416 e. The summed E-state index contributed by atoms with van der Waals surface area (Å²) in [6.07, 6.45) is -2.81. The molecule has 0 spiro atoms. The van der Waals surface area contributed by atoms with Gasteiger partial charge in [0.1, 0.15) is 5.69 Å². The minimum atomic E-state index is -4.37. The van der Waals surface area contributed by atoms with Crippen molar-refractivity contribution >= 4 is 0 Å². The first-order valence-electron chi connectivity index (χ1n) is 8.10. The maximum absolute atomic E-state index is 12.6. The van der Waals surface area contributed by atoms with Crippen molar-refractivity contribution in [3.8, 4) is 23.0 Å². The van der Waals surface area contributed by atoms with E-state index in [1.165, 1.54) is 18.2 Å². The summed E-state index contributed by atoms with van der Waals surface area (Å²) in [4.78, 5) is 19.5. The Bertz CT molecular complexity index is 1080. The van der Waals surface area contributed by atoms with Gasteiger partial charge < -0.3 is 4.98 Å². The van der Waals surface area contributed by atoms with E-state index in [9.17, 15) is 18.0 Å². The van der Waals surface area contributed by atoms with E-state index in [4.69, 9.17) is 0 Å². The van der Waals surface area contributed by atoms with E-state index in [2.05, 4.69) is 21.8 Å². The Morgan fingerprint density at radius 3 is 2.26 bits per heavy atom. The molecule has 3 nitrogen and oxygen atoms in total. The third-order valence-corrected chi connectivity index (χ3v) is 3.95. The molecule has 0 aliphatic rings. The summed E-state index contributed by atoms with van der Waals surface area (Å²) in [6, 6.07) is 9.57. The van der Waals surface area contributed by atoms with Gasteiger partial charge in [-0.05, 0) is 56.2 Å². The van der Waals surface area contributed by atoms with Crippen LogP contribution >= 0.6 is 0 Å². The number of pyridine rings is 2. The second kappa shape index (κ2) is 7.12. The molecule has 1 N–H and O–H groups in total. The van der Waals surface area contributed by atoms with Gasteiger partial charge >= 0.3 is 6.18 Å². The number of nitrogens with zero attached hydrogens (tertiary/aromatic N) is 1. The number of rotatable bonds is 1. The zero-order valence-corrected chi connectivity index (χ0v) is 14.6. The number of nitrogens with one attached hydrogen (secondary N) is 1. The van der Waals surface area contributed by atoms with Crippen molar-refractivity contribution < 1.29 is 13.2 Å². The Labute approximate surface area is 153 Å². The molecule has 0 fully saturated rings. The van der Waals surface area contributed by atoms with E-state index >= 15 is 0 Å². The summed E-state index contributed by atoms with van der Waals surface area (Å²) < 4.78 is 37.7. The largest absolute Gasteiger partial charge is 0.416 e. The first-order chi connectivity index (χ1) is 12.7. The lowest BCUT2D eigenvalue weighted by Gasteiger charge is -2.06. The van der Waals surface area contributed by atoms with E-state index in [0.717, 1.165) is 23.5 Å². The van der Waals surface area contributed by atoms with Crippen molar-refractivity contribution in [1.29, 1.82) is 0 Å². The number of hydrogen-bond acceptors (Lipinski definition) is 2. The lowest BCUT2D eigenvalue weighted by Crippen LogP contribution is -2.08. The minimum absolute atomic E-state index is 0.0888. The molecule has 0 radical (unpaired) electrons. The number of halogens is 3. The van der Waals surface area contributed by atoms with Crippen molar-refractivity contribution in [2.45, 2.75) is 20.0 Å². The fourth-order valence-electron chi connectivity index (χ4n) is 2.70. The summed E-state index contributed by atoms with van der Waals surface area (Å²) in [6.45, 7) is 3.64. The highest BCUT2D eigenvalue weighted by Gasteiger charge is 2.29. The Hall–Kier alpha value is -3.33. The Morgan fingerprint density at radius 1 is 1.00 bits per heavy atom. The number of aromatic amines is 1. The molecule has 136 valence electrons. The van der Waals surface area contributed by atoms with Crippen LogP contribution in [0.15, 0.2) is 53.5 Å². The predicted octanol–water partition coefficient (Wildman–Crippen LogP) is 4.47. The zero-order valence-electron chi connectivity index (χ0n) is 14.6. The van der Waals surface area contributed by atoms with Crippen LogP contribution in [0.25, 0.3) is 11.1 Å². The van der Waals surface area contributed by atoms with Crippen molar-refractivity contribution in [2.24, 2.45) is 0 Å². The molecular weight excluding hydrogens is 353 g/mol. The van der Waals surface area contributed by atoms with Gasteiger partial charge in [0.15, 0.2) is 5.43 Å². The molecule has 0 aliphatic heterocycles. The van der Waals surface area contributed by atoms with Crippen LogP contribution in [-0.2, 0) is 6.18 Å². The molecule has 2 heterocycles. The molecule has 2 aromatic heterocycles. The average Bonchev–Trinajstić information content (AvgIpc) is 2.60.